The van der Waals surface area contributed by atoms with Crippen molar-refractivity contribution in [2.24, 2.45) is 0 Å². The molecule has 2 heterocycles. The van der Waals surface area contributed by atoms with E-state index in [9.17, 15) is 4.79 Å². The van der Waals surface area contributed by atoms with Gasteiger partial charge in [-0.2, -0.15) is 0 Å². The lowest BCUT2D eigenvalue weighted by Gasteiger charge is -2.29. The van der Waals surface area contributed by atoms with E-state index in [1.807, 2.05) is 6.07 Å². The number of aromatic nitrogens is 1. The molecule has 2 rings (SSSR count). The van der Waals surface area contributed by atoms with E-state index < -0.39 is 0 Å². The van der Waals surface area contributed by atoms with Crippen LogP contribution in [0.4, 0.5) is 0 Å². The maximum atomic E-state index is 11.3. The Balaban J connectivity index is 2.03. The highest BCUT2D eigenvalue weighted by atomic mass is 79.9. The van der Waals surface area contributed by atoms with E-state index in [0.29, 0.717) is 17.5 Å². The van der Waals surface area contributed by atoms with Gasteiger partial charge in [0.15, 0.2) is 0 Å². The summed E-state index contributed by atoms with van der Waals surface area (Å²) in [5.41, 5.74) is 0.965. The van der Waals surface area contributed by atoms with Crippen molar-refractivity contribution in [3.05, 3.63) is 27.5 Å². The molecule has 110 valence electrons. The second-order valence-corrected chi connectivity index (χ2v) is 6.70. The zero-order valence-electron chi connectivity index (χ0n) is 11.7. The molecule has 1 aliphatic heterocycles. The summed E-state index contributed by atoms with van der Waals surface area (Å²) >= 11 is 9.42. The summed E-state index contributed by atoms with van der Waals surface area (Å²) in [6, 6.07) is 2.49. The lowest BCUT2D eigenvalue weighted by molar-refractivity contribution is -0.119. The van der Waals surface area contributed by atoms with Crippen LogP contribution in [0.5, 0.6) is 0 Å². The van der Waals surface area contributed by atoms with Crippen molar-refractivity contribution in [1.29, 1.82) is 0 Å². The predicted molar refractivity (Wildman–Crippen MR) is 83.7 cm³/mol. The highest BCUT2D eigenvalue weighted by Crippen LogP contribution is 2.21. The first-order valence-electron chi connectivity index (χ1n) is 6.79. The van der Waals surface area contributed by atoms with Gasteiger partial charge in [-0.1, -0.05) is 11.6 Å². The molecular formula is C14H19BrClN3O. The molecule has 1 atom stereocenters. The van der Waals surface area contributed by atoms with Crippen LogP contribution in [0.25, 0.3) is 0 Å². The fourth-order valence-corrected chi connectivity index (χ4v) is 3.07. The van der Waals surface area contributed by atoms with Gasteiger partial charge in [-0.3, -0.25) is 14.7 Å². The molecule has 1 N–H and O–H groups in total. The van der Waals surface area contributed by atoms with E-state index in [-0.39, 0.29) is 11.9 Å². The smallest absolute Gasteiger partial charge is 0.220 e. The Labute approximate surface area is 133 Å². The number of halogens is 2. The van der Waals surface area contributed by atoms with Crippen molar-refractivity contribution >= 4 is 33.4 Å². The van der Waals surface area contributed by atoms with Gasteiger partial charge in [0.1, 0.15) is 0 Å². The van der Waals surface area contributed by atoms with Crippen LogP contribution in [0, 0.1) is 0 Å². The zero-order valence-corrected chi connectivity index (χ0v) is 14.0. The normalized spacial score (nSPS) is 18.9. The van der Waals surface area contributed by atoms with Gasteiger partial charge in [-0.25, -0.2) is 0 Å². The van der Waals surface area contributed by atoms with Crippen LogP contribution in [0.1, 0.15) is 32.4 Å². The monoisotopic (exact) mass is 359 g/mol. The molecule has 1 aromatic rings. The van der Waals surface area contributed by atoms with E-state index in [1.54, 1.807) is 6.20 Å². The molecule has 4 nitrogen and oxygen atoms in total. The largest absolute Gasteiger partial charge is 0.352 e. The van der Waals surface area contributed by atoms with Crippen molar-refractivity contribution in [3.63, 3.8) is 0 Å². The summed E-state index contributed by atoms with van der Waals surface area (Å²) in [5, 5.41) is 3.64. The van der Waals surface area contributed by atoms with E-state index >= 15 is 0 Å². The maximum Gasteiger partial charge on any atom is 0.220 e. The Morgan fingerprint density at radius 3 is 2.90 bits per heavy atom. The third kappa shape index (κ3) is 4.17. The predicted octanol–water partition coefficient (Wildman–Crippen LogP) is 2.99. The molecule has 0 spiro atoms. The number of carbonyl (C=O) groups is 1. The Kier molecular flexibility index (Phi) is 5.41. The third-order valence-electron chi connectivity index (χ3n) is 3.51. The quantitative estimate of drug-likeness (QED) is 0.878. The van der Waals surface area contributed by atoms with E-state index in [4.69, 9.17) is 11.6 Å². The summed E-state index contributed by atoms with van der Waals surface area (Å²) in [6.07, 6.45) is 3.22. The van der Waals surface area contributed by atoms with Gasteiger partial charge in [0.25, 0.3) is 0 Å². The molecule has 1 unspecified atom stereocenters. The van der Waals surface area contributed by atoms with Crippen molar-refractivity contribution in [2.45, 2.75) is 45.3 Å². The molecule has 1 fully saturated rings. The zero-order chi connectivity index (χ0) is 14.7. The minimum absolute atomic E-state index is 0.157. The maximum absolute atomic E-state index is 11.3. The number of carbonyl (C=O) groups excluding carboxylic acids is 1. The van der Waals surface area contributed by atoms with Crippen LogP contribution >= 0.6 is 27.5 Å². The summed E-state index contributed by atoms with van der Waals surface area (Å²) in [7, 11) is 0. The minimum atomic E-state index is 0.157. The molecule has 0 saturated carbocycles. The third-order valence-corrected chi connectivity index (χ3v) is 4.40. The Morgan fingerprint density at radius 2 is 2.35 bits per heavy atom. The van der Waals surface area contributed by atoms with Crippen LogP contribution in [-0.4, -0.2) is 34.4 Å². The van der Waals surface area contributed by atoms with Gasteiger partial charge in [0.05, 0.1) is 10.7 Å². The lowest BCUT2D eigenvalue weighted by Crippen LogP contribution is -2.41. The minimum Gasteiger partial charge on any atom is -0.352 e. The highest BCUT2D eigenvalue weighted by molar-refractivity contribution is 9.10. The molecule has 0 aromatic carbocycles. The van der Waals surface area contributed by atoms with E-state index in [1.165, 1.54) is 0 Å². The van der Waals surface area contributed by atoms with Crippen molar-refractivity contribution in [2.75, 3.05) is 6.54 Å². The molecule has 0 aliphatic carbocycles. The second-order valence-electron chi connectivity index (χ2n) is 5.41. The van der Waals surface area contributed by atoms with Crippen LogP contribution in [0.2, 0.25) is 5.02 Å². The fraction of sp³-hybridized carbons (Fsp3) is 0.571. The summed E-state index contributed by atoms with van der Waals surface area (Å²) < 4.78 is 0.922. The molecule has 0 radical (unpaired) electrons. The Hall–Kier alpha value is -0.650. The molecule has 1 amide bonds. The SMILES string of the molecule is CC(C)N(Cc1ncc(Cl)cc1Br)CC1CCC(=O)N1. The average molecular weight is 361 g/mol. The van der Waals surface area contributed by atoms with Crippen molar-refractivity contribution < 1.29 is 4.79 Å². The average Bonchev–Trinajstić information content (AvgIpc) is 2.77. The van der Waals surface area contributed by atoms with Crippen molar-refractivity contribution in [3.8, 4) is 0 Å². The molecule has 1 aromatic heterocycles. The van der Waals surface area contributed by atoms with Crippen LogP contribution in [0.15, 0.2) is 16.7 Å². The number of nitrogens with zero attached hydrogens (tertiary/aromatic N) is 2. The molecular weight excluding hydrogens is 342 g/mol. The van der Waals surface area contributed by atoms with Crippen molar-refractivity contribution in [1.82, 2.24) is 15.2 Å². The first-order chi connectivity index (χ1) is 9.45. The number of pyridine rings is 1. The standard InChI is InChI=1S/C14H19BrClN3O/c1-9(2)19(7-11-3-4-14(20)18-11)8-13-12(15)5-10(16)6-17-13/h5-6,9,11H,3-4,7-8H2,1-2H3,(H,18,20). The summed E-state index contributed by atoms with van der Waals surface area (Å²) in [5.74, 6) is 0.157. The lowest BCUT2D eigenvalue weighted by atomic mass is 10.2. The van der Waals surface area contributed by atoms with E-state index in [2.05, 4.69) is 45.0 Å². The van der Waals surface area contributed by atoms with Gasteiger partial charge in [0.2, 0.25) is 5.91 Å². The fourth-order valence-electron chi connectivity index (χ4n) is 2.31. The number of amides is 1. The topological polar surface area (TPSA) is 45.2 Å². The molecule has 0 bridgehead atoms. The Bertz CT molecular complexity index is 495. The first kappa shape index (κ1) is 15.7. The number of nitrogens with one attached hydrogen (secondary N) is 1. The van der Waals surface area contributed by atoms with Gasteiger partial charge in [-0.15, -0.1) is 0 Å². The van der Waals surface area contributed by atoms with Crippen LogP contribution < -0.4 is 5.32 Å². The van der Waals surface area contributed by atoms with Gasteiger partial charge in [0, 0.05) is 42.3 Å². The Morgan fingerprint density at radius 1 is 1.60 bits per heavy atom. The summed E-state index contributed by atoms with van der Waals surface area (Å²) in [4.78, 5) is 18.0. The molecule has 20 heavy (non-hydrogen) atoms. The molecule has 6 heteroatoms. The summed E-state index contributed by atoms with van der Waals surface area (Å²) in [6.45, 7) is 5.89. The van der Waals surface area contributed by atoms with Gasteiger partial charge < -0.3 is 5.32 Å². The molecule has 1 aliphatic rings. The van der Waals surface area contributed by atoms with Gasteiger partial charge >= 0.3 is 0 Å². The van der Waals surface area contributed by atoms with Gasteiger partial charge in [-0.05, 0) is 42.3 Å². The molecule has 1 saturated heterocycles. The first-order valence-corrected chi connectivity index (χ1v) is 7.96. The number of rotatable bonds is 5. The van der Waals surface area contributed by atoms with Crippen LogP contribution in [-0.2, 0) is 11.3 Å². The van der Waals surface area contributed by atoms with Crippen LogP contribution in [0.3, 0.4) is 0 Å². The highest BCUT2D eigenvalue weighted by Gasteiger charge is 2.24. The van der Waals surface area contributed by atoms with E-state index in [0.717, 1.165) is 29.7 Å². The second kappa shape index (κ2) is 6.87. The number of hydrogen-bond donors (Lipinski definition) is 1. The number of hydrogen-bond acceptors (Lipinski definition) is 3.